The van der Waals surface area contributed by atoms with Crippen molar-refractivity contribution >= 4 is 63.3 Å². The van der Waals surface area contributed by atoms with Gasteiger partial charge in [-0.2, -0.15) is 0 Å². The van der Waals surface area contributed by atoms with Crippen molar-refractivity contribution in [3.05, 3.63) is 56.9 Å². The monoisotopic (exact) mass is 528 g/mol. The molecule has 2 aliphatic heterocycles. The Morgan fingerprint density at radius 1 is 1.00 bits per heavy atom. The topological polar surface area (TPSA) is 39.2 Å². The molecule has 4 rings (SSSR count). The molecule has 5 nitrogen and oxygen atoms in total. The molecular formula is C27H33ClN4OS2. The first-order valence-corrected chi connectivity index (χ1v) is 14.4. The van der Waals surface area contributed by atoms with Gasteiger partial charge in [-0.25, -0.2) is 4.99 Å². The highest BCUT2D eigenvalue weighted by molar-refractivity contribution is 8.19. The van der Waals surface area contributed by atoms with E-state index in [0.29, 0.717) is 11.6 Å². The highest BCUT2D eigenvalue weighted by atomic mass is 35.5. The van der Waals surface area contributed by atoms with E-state index in [9.17, 15) is 4.79 Å². The molecule has 0 atom stereocenters. The largest absolute Gasteiger partial charge is 0.372 e. The number of thioether (sulfide) groups is 2. The maximum atomic E-state index is 13.7. The fraction of sp³-hybridized carbons (Fsp3) is 0.407. The molecule has 0 bridgehead atoms. The number of halogens is 1. The van der Waals surface area contributed by atoms with Crippen molar-refractivity contribution in [2.75, 3.05) is 36.0 Å². The van der Waals surface area contributed by atoms with Gasteiger partial charge in [-0.3, -0.25) is 9.69 Å². The lowest BCUT2D eigenvalue weighted by Gasteiger charge is -2.22. The van der Waals surface area contributed by atoms with Crippen molar-refractivity contribution in [3.8, 4) is 0 Å². The molecule has 1 fully saturated rings. The summed E-state index contributed by atoms with van der Waals surface area (Å²) >= 11 is 9.42. The molecule has 2 aromatic rings. The molecule has 186 valence electrons. The van der Waals surface area contributed by atoms with Crippen LogP contribution in [0.5, 0.6) is 0 Å². The summed E-state index contributed by atoms with van der Waals surface area (Å²) < 4.78 is 0. The third-order valence-electron chi connectivity index (χ3n) is 6.30. The Balaban J connectivity index is 1.72. The number of unbranched alkanes of at least 4 members (excludes halogenated alkanes) is 1. The highest BCUT2D eigenvalue weighted by Crippen LogP contribution is 2.51. The summed E-state index contributed by atoms with van der Waals surface area (Å²) in [5.74, 6) is 0.0412. The van der Waals surface area contributed by atoms with Crippen molar-refractivity contribution in [1.82, 2.24) is 4.90 Å². The van der Waals surface area contributed by atoms with Crippen LogP contribution in [0.4, 0.5) is 17.1 Å². The van der Waals surface area contributed by atoms with Crippen molar-refractivity contribution in [2.45, 2.75) is 52.4 Å². The van der Waals surface area contributed by atoms with E-state index in [1.807, 2.05) is 23.1 Å². The molecule has 0 aromatic heterocycles. The number of aliphatic imine (C=N–C) groups is 1. The molecule has 0 N–H and O–H groups in total. The van der Waals surface area contributed by atoms with Crippen LogP contribution in [0.2, 0.25) is 5.02 Å². The number of rotatable bonds is 8. The summed E-state index contributed by atoms with van der Waals surface area (Å²) in [5, 5.41) is 2.44. The molecule has 0 unspecified atom stereocenters. The molecule has 0 spiro atoms. The smallest absolute Gasteiger partial charge is 0.269 e. The summed E-state index contributed by atoms with van der Waals surface area (Å²) in [7, 11) is 0. The second kappa shape index (κ2) is 11.3. The SMILES string of the molecule is CCCCN1C(=O)/C(=C2/Sc3ccc(Cl)cc3N2CC)SC1=Nc1ccc(N(CC)CC)cc1C. The van der Waals surface area contributed by atoms with Crippen LogP contribution < -0.4 is 9.80 Å². The predicted octanol–water partition coefficient (Wildman–Crippen LogP) is 7.66. The van der Waals surface area contributed by atoms with Gasteiger partial charge in [0.1, 0.15) is 9.93 Å². The summed E-state index contributed by atoms with van der Waals surface area (Å²) in [6, 6.07) is 12.3. The Labute approximate surface area is 222 Å². The fourth-order valence-electron chi connectivity index (χ4n) is 4.32. The first kappa shape index (κ1) is 26.0. The molecule has 0 saturated carbocycles. The summed E-state index contributed by atoms with van der Waals surface area (Å²) in [6.45, 7) is 14.0. The Morgan fingerprint density at radius 3 is 2.43 bits per heavy atom. The summed E-state index contributed by atoms with van der Waals surface area (Å²) in [5.41, 5.74) is 4.29. The normalized spacial score (nSPS) is 18.7. The Morgan fingerprint density at radius 2 is 1.77 bits per heavy atom. The van der Waals surface area contributed by atoms with Crippen LogP contribution in [0, 0.1) is 6.92 Å². The van der Waals surface area contributed by atoms with E-state index in [1.165, 1.54) is 17.4 Å². The number of hydrogen-bond acceptors (Lipinski definition) is 6. The minimum absolute atomic E-state index is 0.0412. The van der Waals surface area contributed by atoms with Crippen LogP contribution in [0.25, 0.3) is 0 Å². The van der Waals surface area contributed by atoms with E-state index in [2.05, 4.69) is 62.6 Å². The van der Waals surface area contributed by atoms with Gasteiger partial charge in [-0.05, 0) is 87.8 Å². The van der Waals surface area contributed by atoms with Gasteiger partial charge in [0.05, 0.1) is 11.4 Å². The zero-order chi connectivity index (χ0) is 25.1. The Hall–Kier alpha value is -2.09. The maximum absolute atomic E-state index is 13.7. The molecule has 2 aromatic carbocycles. The van der Waals surface area contributed by atoms with Gasteiger partial charge in [0, 0.05) is 41.8 Å². The number of fused-ring (bicyclic) bond motifs is 1. The summed E-state index contributed by atoms with van der Waals surface area (Å²) in [6.07, 6.45) is 1.96. The van der Waals surface area contributed by atoms with Crippen LogP contribution in [-0.4, -0.2) is 42.2 Å². The van der Waals surface area contributed by atoms with Gasteiger partial charge in [0.15, 0.2) is 5.17 Å². The van der Waals surface area contributed by atoms with Gasteiger partial charge in [-0.1, -0.05) is 36.7 Å². The highest BCUT2D eigenvalue weighted by Gasteiger charge is 2.39. The van der Waals surface area contributed by atoms with Gasteiger partial charge in [0.2, 0.25) is 0 Å². The molecule has 35 heavy (non-hydrogen) atoms. The number of aryl methyl sites for hydroxylation is 1. The van der Waals surface area contributed by atoms with Crippen LogP contribution in [0.15, 0.2) is 56.2 Å². The lowest BCUT2D eigenvalue weighted by Crippen LogP contribution is -2.30. The van der Waals surface area contributed by atoms with Gasteiger partial charge >= 0.3 is 0 Å². The Kier molecular flexibility index (Phi) is 8.40. The minimum Gasteiger partial charge on any atom is -0.372 e. The third kappa shape index (κ3) is 5.23. The van der Waals surface area contributed by atoms with Crippen LogP contribution in [0.1, 0.15) is 46.1 Å². The van der Waals surface area contributed by atoms with E-state index < -0.39 is 0 Å². The second-order valence-corrected chi connectivity index (χ2v) is 11.0. The van der Waals surface area contributed by atoms with Crippen LogP contribution in [-0.2, 0) is 4.79 Å². The molecular weight excluding hydrogens is 496 g/mol. The lowest BCUT2D eigenvalue weighted by atomic mass is 10.1. The van der Waals surface area contributed by atoms with Crippen LogP contribution in [0.3, 0.4) is 0 Å². The molecule has 2 aliphatic rings. The molecule has 0 aliphatic carbocycles. The second-order valence-electron chi connectivity index (χ2n) is 8.54. The number of amidine groups is 1. The third-order valence-corrected chi connectivity index (χ3v) is 8.91. The molecule has 1 amide bonds. The molecule has 1 saturated heterocycles. The average molecular weight is 529 g/mol. The van der Waals surface area contributed by atoms with E-state index >= 15 is 0 Å². The quantitative estimate of drug-likeness (QED) is 0.329. The van der Waals surface area contributed by atoms with Gasteiger partial charge in [-0.15, -0.1) is 0 Å². The van der Waals surface area contributed by atoms with Crippen molar-refractivity contribution < 1.29 is 4.79 Å². The first-order valence-electron chi connectivity index (χ1n) is 12.3. The predicted molar refractivity (Wildman–Crippen MR) is 153 cm³/mol. The van der Waals surface area contributed by atoms with Crippen LogP contribution >= 0.6 is 35.1 Å². The van der Waals surface area contributed by atoms with E-state index in [1.54, 1.807) is 11.8 Å². The number of benzene rings is 2. The standard InChI is InChI=1S/C27H33ClN4OS2/c1-6-10-15-32-25(33)24(26-31(9-4)22-17-19(28)11-14-23(22)34-26)35-27(32)29-21-13-12-20(16-18(21)5)30(7-2)8-3/h11-14,16-17H,6-10,15H2,1-5H3/b26-24-,29-27?. The van der Waals surface area contributed by atoms with E-state index in [-0.39, 0.29) is 5.91 Å². The molecule has 0 radical (unpaired) electrons. The number of hydrogen-bond donors (Lipinski definition) is 0. The number of amides is 1. The number of carbonyl (C=O) groups excluding carboxylic acids is 1. The molecule has 2 heterocycles. The lowest BCUT2D eigenvalue weighted by molar-refractivity contribution is -0.122. The van der Waals surface area contributed by atoms with Crippen molar-refractivity contribution in [2.24, 2.45) is 4.99 Å². The van der Waals surface area contributed by atoms with Gasteiger partial charge < -0.3 is 9.80 Å². The zero-order valence-corrected chi connectivity index (χ0v) is 23.5. The minimum atomic E-state index is 0.0412. The fourth-order valence-corrected chi connectivity index (χ4v) is 6.88. The van der Waals surface area contributed by atoms with Crippen molar-refractivity contribution in [1.29, 1.82) is 0 Å². The van der Waals surface area contributed by atoms with Crippen molar-refractivity contribution in [3.63, 3.8) is 0 Å². The van der Waals surface area contributed by atoms with E-state index in [4.69, 9.17) is 16.6 Å². The van der Waals surface area contributed by atoms with Gasteiger partial charge in [0.25, 0.3) is 5.91 Å². The first-order chi connectivity index (χ1) is 16.9. The Bertz CT molecular complexity index is 1180. The maximum Gasteiger partial charge on any atom is 0.269 e. The zero-order valence-electron chi connectivity index (χ0n) is 21.1. The number of nitrogens with zero attached hydrogens (tertiary/aromatic N) is 4. The summed E-state index contributed by atoms with van der Waals surface area (Å²) in [4.78, 5) is 26.9. The molecule has 8 heteroatoms. The number of anilines is 2. The number of carbonyl (C=O) groups is 1. The average Bonchev–Trinajstić information content (AvgIpc) is 3.36. The van der Waals surface area contributed by atoms with E-state index in [0.717, 1.165) is 69.4 Å².